The fourth-order valence-electron chi connectivity index (χ4n) is 2.24. The number of ether oxygens (including phenoxy) is 1. The third-order valence-electron chi connectivity index (χ3n) is 3.58. The van der Waals surface area contributed by atoms with Crippen molar-refractivity contribution in [3.63, 3.8) is 0 Å². The van der Waals surface area contributed by atoms with Crippen LogP contribution in [-0.2, 0) is 4.74 Å². The van der Waals surface area contributed by atoms with Crippen molar-refractivity contribution in [1.82, 2.24) is 20.4 Å². The number of methoxy groups -OCH3 is 1. The minimum Gasteiger partial charge on any atom is -0.465 e. The largest absolute Gasteiger partial charge is 0.465 e. The first kappa shape index (κ1) is 17.6. The van der Waals surface area contributed by atoms with E-state index in [1.54, 1.807) is 12.1 Å². The van der Waals surface area contributed by atoms with Crippen molar-refractivity contribution >= 4 is 17.6 Å². The molecule has 3 rings (SSSR count). The molecule has 0 unspecified atom stereocenters. The third-order valence-corrected chi connectivity index (χ3v) is 3.58. The Morgan fingerprint density at radius 2 is 1.96 bits per heavy atom. The first-order valence-corrected chi connectivity index (χ1v) is 7.67. The number of carbonyl (C=O) groups excluding carboxylic acids is 2. The normalized spacial score (nSPS) is 9.93. The van der Waals surface area contributed by atoms with Gasteiger partial charge in [-0.25, -0.2) is 4.79 Å². The summed E-state index contributed by atoms with van der Waals surface area (Å²) >= 11 is 0. The molecule has 1 aromatic carbocycles. The Bertz CT molecular complexity index is 1030. The lowest BCUT2D eigenvalue weighted by Gasteiger charge is -2.10. The Kier molecular flexibility index (Phi) is 5.09. The monoisotopic (exact) mass is 360 g/mol. The number of rotatable bonds is 4. The smallest absolute Gasteiger partial charge is 0.340 e. The summed E-state index contributed by atoms with van der Waals surface area (Å²) in [7, 11) is 1.21. The SMILES string of the molecule is COC(=O)c1cc(C#N)ccc1NC(=O)c1ccc(-c2ccnnc2)nn1. The van der Waals surface area contributed by atoms with Crippen LogP contribution in [-0.4, -0.2) is 39.4 Å². The average Bonchev–Trinajstić information content (AvgIpc) is 2.74. The molecule has 3 aromatic rings. The van der Waals surface area contributed by atoms with Crippen molar-refractivity contribution in [3.05, 3.63) is 65.6 Å². The van der Waals surface area contributed by atoms with Crippen LogP contribution >= 0.6 is 0 Å². The standard InChI is InChI=1S/C18H12N6O3/c1-27-18(26)13-8-11(9-19)2-3-15(13)22-17(25)16-5-4-14(23-24-16)12-6-7-20-21-10-12/h2-8,10H,1H3,(H,22,25). The van der Waals surface area contributed by atoms with E-state index in [0.717, 1.165) is 0 Å². The van der Waals surface area contributed by atoms with Gasteiger partial charge >= 0.3 is 5.97 Å². The molecule has 9 heteroatoms. The van der Waals surface area contributed by atoms with Crippen LogP contribution in [0, 0.1) is 11.3 Å². The molecule has 132 valence electrons. The number of benzene rings is 1. The van der Waals surface area contributed by atoms with Gasteiger partial charge < -0.3 is 10.1 Å². The molecule has 1 amide bonds. The van der Waals surface area contributed by atoms with Gasteiger partial charge in [0.15, 0.2) is 5.69 Å². The Labute approximate surface area is 153 Å². The Balaban J connectivity index is 1.83. The summed E-state index contributed by atoms with van der Waals surface area (Å²) in [5, 5.41) is 26.9. The van der Waals surface area contributed by atoms with Gasteiger partial charge in [-0.05, 0) is 36.4 Å². The molecule has 27 heavy (non-hydrogen) atoms. The summed E-state index contributed by atoms with van der Waals surface area (Å²) in [4.78, 5) is 24.3. The average molecular weight is 360 g/mol. The molecule has 0 saturated carbocycles. The second-order valence-electron chi connectivity index (χ2n) is 5.25. The highest BCUT2D eigenvalue weighted by Gasteiger charge is 2.17. The minimum absolute atomic E-state index is 0.0564. The number of anilines is 1. The van der Waals surface area contributed by atoms with Crippen molar-refractivity contribution in [2.45, 2.75) is 0 Å². The number of hydrogen-bond donors (Lipinski definition) is 1. The summed E-state index contributed by atoms with van der Waals surface area (Å²) in [6.45, 7) is 0. The van der Waals surface area contributed by atoms with Crippen LogP contribution in [0.4, 0.5) is 5.69 Å². The zero-order valence-corrected chi connectivity index (χ0v) is 14.1. The van der Waals surface area contributed by atoms with Gasteiger partial charge in [-0.2, -0.15) is 15.5 Å². The van der Waals surface area contributed by atoms with E-state index in [2.05, 4.69) is 30.4 Å². The van der Waals surface area contributed by atoms with Gasteiger partial charge in [-0.3, -0.25) is 4.79 Å². The highest BCUT2D eigenvalue weighted by atomic mass is 16.5. The first-order chi connectivity index (χ1) is 13.1. The molecular formula is C18H12N6O3. The number of nitriles is 1. The molecule has 0 atom stereocenters. The lowest BCUT2D eigenvalue weighted by molar-refractivity contribution is 0.0602. The molecule has 0 aliphatic heterocycles. The number of carbonyl (C=O) groups is 2. The summed E-state index contributed by atoms with van der Waals surface area (Å²) < 4.78 is 4.69. The van der Waals surface area contributed by atoms with Crippen molar-refractivity contribution in [2.24, 2.45) is 0 Å². The maximum atomic E-state index is 12.4. The summed E-state index contributed by atoms with van der Waals surface area (Å²) in [5.41, 5.74) is 1.84. The van der Waals surface area contributed by atoms with Crippen molar-refractivity contribution in [2.75, 3.05) is 12.4 Å². The van der Waals surface area contributed by atoms with E-state index in [0.29, 0.717) is 11.3 Å². The van der Waals surface area contributed by atoms with E-state index < -0.39 is 11.9 Å². The van der Waals surface area contributed by atoms with Crippen molar-refractivity contribution in [1.29, 1.82) is 5.26 Å². The van der Waals surface area contributed by atoms with Crippen molar-refractivity contribution in [3.8, 4) is 17.3 Å². The molecule has 0 aliphatic carbocycles. The minimum atomic E-state index is -0.672. The van der Waals surface area contributed by atoms with E-state index >= 15 is 0 Å². The van der Waals surface area contributed by atoms with Gasteiger partial charge in [0, 0.05) is 5.56 Å². The molecule has 1 N–H and O–H groups in total. The number of hydrogen-bond acceptors (Lipinski definition) is 8. The maximum Gasteiger partial charge on any atom is 0.340 e. The molecule has 0 fully saturated rings. The fraction of sp³-hybridized carbons (Fsp3) is 0.0556. The highest BCUT2D eigenvalue weighted by Crippen LogP contribution is 2.20. The van der Waals surface area contributed by atoms with Crippen LogP contribution in [0.15, 0.2) is 48.8 Å². The van der Waals surface area contributed by atoms with Gasteiger partial charge in [0.2, 0.25) is 0 Å². The Hall–Kier alpha value is -4.19. The van der Waals surface area contributed by atoms with Crippen LogP contribution in [0.5, 0.6) is 0 Å². The molecule has 2 aromatic heterocycles. The quantitative estimate of drug-likeness (QED) is 0.697. The number of nitrogens with zero attached hydrogens (tertiary/aromatic N) is 5. The van der Waals surface area contributed by atoms with Gasteiger partial charge in [0.25, 0.3) is 5.91 Å². The summed E-state index contributed by atoms with van der Waals surface area (Å²) in [6, 6.07) is 11.0. The molecule has 2 heterocycles. The van der Waals surface area contributed by atoms with E-state index in [4.69, 9.17) is 5.26 Å². The highest BCUT2D eigenvalue weighted by molar-refractivity contribution is 6.07. The lowest BCUT2D eigenvalue weighted by Crippen LogP contribution is -2.17. The van der Waals surface area contributed by atoms with Gasteiger partial charge in [-0.1, -0.05) is 0 Å². The summed E-state index contributed by atoms with van der Waals surface area (Å²) in [5.74, 6) is -1.23. The second-order valence-corrected chi connectivity index (χ2v) is 5.25. The van der Waals surface area contributed by atoms with Crippen LogP contribution in [0.3, 0.4) is 0 Å². The van der Waals surface area contributed by atoms with Gasteiger partial charge in [-0.15, -0.1) is 10.2 Å². The molecule has 9 nitrogen and oxygen atoms in total. The van der Waals surface area contributed by atoms with Crippen LogP contribution < -0.4 is 5.32 Å². The number of esters is 1. The van der Waals surface area contributed by atoms with Gasteiger partial charge in [0.1, 0.15) is 0 Å². The van der Waals surface area contributed by atoms with Crippen LogP contribution in [0.2, 0.25) is 0 Å². The Morgan fingerprint density at radius 3 is 2.59 bits per heavy atom. The molecular weight excluding hydrogens is 348 g/mol. The zero-order chi connectivity index (χ0) is 19.2. The van der Waals surface area contributed by atoms with Gasteiger partial charge in [0.05, 0.1) is 48.1 Å². The fourth-order valence-corrected chi connectivity index (χ4v) is 2.24. The molecule has 0 saturated heterocycles. The Morgan fingerprint density at radius 1 is 1.11 bits per heavy atom. The van der Waals surface area contributed by atoms with E-state index in [9.17, 15) is 9.59 Å². The second kappa shape index (κ2) is 7.79. The van der Waals surface area contributed by atoms with E-state index in [1.807, 2.05) is 6.07 Å². The molecule has 0 aliphatic rings. The zero-order valence-electron chi connectivity index (χ0n) is 14.1. The number of aromatic nitrogens is 4. The molecule has 0 bridgehead atoms. The molecule has 0 spiro atoms. The number of amides is 1. The van der Waals surface area contributed by atoms with Crippen LogP contribution in [0.25, 0.3) is 11.3 Å². The van der Waals surface area contributed by atoms with Crippen molar-refractivity contribution < 1.29 is 14.3 Å². The van der Waals surface area contributed by atoms with E-state index in [1.165, 1.54) is 43.8 Å². The predicted molar refractivity (Wildman–Crippen MR) is 93.5 cm³/mol. The number of nitrogens with one attached hydrogen (secondary N) is 1. The van der Waals surface area contributed by atoms with Crippen LogP contribution in [0.1, 0.15) is 26.4 Å². The van der Waals surface area contributed by atoms with E-state index in [-0.39, 0.29) is 22.5 Å². The predicted octanol–water partition coefficient (Wildman–Crippen LogP) is 1.84. The lowest BCUT2D eigenvalue weighted by atomic mass is 10.1. The maximum absolute atomic E-state index is 12.4. The first-order valence-electron chi connectivity index (χ1n) is 7.67. The topological polar surface area (TPSA) is 131 Å². The summed E-state index contributed by atoms with van der Waals surface area (Å²) in [6.07, 6.45) is 3.06. The molecule has 0 radical (unpaired) electrons. The third kappa shape index (κ3) is 3.91.